The highest BCUT2D eigenvalue weighted by Gasteiger charge is 2.84. The maximum absolute atomic E-state index is 12.0. The second-order valence-electron chi connectivity index (χ2n) is 13.3. The highest BCUT2D eigenvalue weighted by molar-refractivity contribution is 5.87. The minimum Gasteiger partial charge on any atom is -0.390 e. The van der Waals surface area contributed by atoms with Crippen LogP contribution in [0.15, 0.2) is 53.0 Å². The molecule has 37 heavy (non-hydrogen) atoms. The third kappa shape index (κ3) is 2.50. The van der Waals surface area contributed by atoms with Gasteiger partial charge in [0.25, 0.3) is 0 Å². The Kier molecular flexibility index (Phi) is 4.20. The van der Waals surface area contributed by atoms with Crippen molar-refractivity contribution in [2.75, 3.05) is 14.1 Å². The average Bonchev–Trinajstić information content (AvgIpc) is 3.40. The molecule has 8 rings (SSSR count). The third-order valence-electron chi connectivity index (χ3n) is 11.7. The van der Waals surface area contributed by atoms with Crippen molar-refractivity contribution in [3.05, 3.63) is 64.1 Å². The number of pyridine rings is 1. The highest BCUT2D eigenvalue weighted by atomic mass is 16.5. The molecule has 6 heteroatoms. The van der Waals surface area contributed by atoms with Gasteiger partial charge < -0.3 is 24.8 Å². The van der Waals surface area contributed by atoms with Crippen LogP contribution in [0, 0.1) is 22.7 Å². The Balaban J connectivity index is 1.21. The van der Waals surface area contributed by atoms with E-state index in [4.69, 9.17) is 4.74 Å². The standard InChI is InChI=1S/C31H36N2O4/c1-28-9-8-21-22-14-30(22)27(36)26(35)23(33(2)3)15-29(30)10-11-31(21,37-29)24(28)7-6-20(28)17-4-5-18-16-32-25(34)13-19(18)12-17/h4-6,8,12-13,16,22-24,26-27,35-36H,7,9-11,14-15H2,1-3H3,(H,32,34). The summed E-state index contributed by atoms with van der Waals surface area (Å²) in [6.07, 6.45) is 10.8. The number of aliphatic hydroxyl groups excluding tert-OH is 2. The van der Waals surface area contributed by atoms with Crippen molar-refractivity contribution in [3.63, 3.8) is 0 Å². The lowest BCUT2D eigenvalue weighted by Crippen LogP contribution is -2.67. The number of aromatic amines is 1. The molecule has 4 fully saturated rings. The number of ether oxygens (including phenoxy) is 1. The van der Waals surface area contributed by atoms with E-state index in [2.05, 4.69) is 47.2 Å². The number of nitrogens with zero attached hydrogens (tertiary/aromatic N) is 1. The molecule has 2 saturated carbocycles. The molecule has 3 N–H and O–H groups in total. The Hall–Kier alpha value is -2.25. The molecule has 2 aromatic rings. The Morgan fingerprint density at radius 1 is 1.08 bits per heavy atom. The molecule has 6 aliphatic rings. The molecule has 6 nitrogen and oxygen atoms in total. The van der Waals surface area contributed by atoms with Gasteiger partial charge in [0.15, 0.2) is 0 Å². The molecule has 1 aromatic carbocycles. The number of hydrogen-bond donors (Lipinski definition) is 3. The number of H-pyrrole nitrogens is 1. The fourth-order valence-corrected chi connectivity index (χ4v) is 9.96. The van der Waals surface area contributed by atoms with Crippen LogP contribution in [0.5, 0.6) is 0 Å². The fourth-order valence-electron chi connectivity index (χ4n) is 9.96. The van der Waals surface area contributed by atoms with Crippen molar-refractivity contribution < 1.29 is 14.9 Å². The third-order valence-corrected chi connectivity index (χ3v) is 11.7. The maximum Gasteiger partial charge on any atom is 0.248 e. The number of aliphatic hydroxyl groups is 2. The van der Waals surface area contributed by atoms with E-state index in [1.807, 2.05) is 14.1 Å². The van der Waals surface area contributed by atoms with E-state index in [-0.39, 0.29) is 33.6 Å². The monoisotopic (exact) mass is 500 g/mol. The molecule has 2 saturated heterocycles. The lowest BCUT2D eigenvalue weighted by atomic mass is 9.57. The van der Waals surface area contributed by atoms with E-state index in [0.29, 0.717) is 11.8 Å². The Labute approximate surface area is 217 Å². The number of nitrogens with one attached hydrogen (secondary N) is 1. The molecule has 3 heterocycles. The van der Waals surface area contributed by atoms with Crippen LogP contribution in [-0.2, 0) is 4.74 Å². The molecule has 2 bridgehead atoms. The van der Waals surface area contributed by atoms with Crippen LogP contribution >= 0.6 is 0 Å². The molecular formula is C31H36N2O4. The highest BCUT2D eigenvalue weighted by Crippen LogP contribution is 2.81. The second-order valence-corrected chi connectivity index (χ2v) is 13.3. The van der Waals surface area contributed by atoms with Gasteiger partial charge in [-0.05, 0) is 92.1 Å². The first kappa shape index (κ1) is 22.7. The van der Waals surface area contributed by atoms with Gasteiger partial charge in [0.2, 0.25) is 5.56 Å². The molecule has 0 amide bonds. The van der Waals surface area contributed by atoms with Crippen molar-refractivity contribution in [2.24, 2.45) is 22.7 Å². The predicted molar refractivity (Wildman–Crippen MR) is 142 cm³/mol. The molecule has 4 aliphatic carbocycles. The van der Waals surface area contributed by atoms with Crippen LogP contribution < -0.4 is 5.56 Å². The van der Waals surface area contributed by atoms with Gasteiger partial charge in [-0.1, -0.05) is 31.2 Å². The lowest BCUT2D eigenvalue weighted by Gasteiger charge is -2.59. The van der Waals surface area contributed by atoms with Crippen LogP contribution in [-0.4, -0.2) is 63.6 Å². The van der Waals surface area contributed by atoms with Crippen LogP contribution in [0.25, 0.3) is 16.3 Å². The van der Waals surface area contributed by atoms with Crippen molar-refractivity contribution in [1.82, 2.24) is 9.88 Å². The summed E-state index contributed by atoms with van der Waals surface area (Å²) in [5.74, 6) is 0.669. The largest absolute Gasteiger partial charge is 0.390 e. The van der Waals surface area contributed by atoms with Gasteiger partial charge >= 0.3 is 0 Å². The van der Waals surface area contributed by atoms with E-state index in [1.54, 1.807) is 12.3 Å². The molecule has 1 aromatic heterocycles. The summed E-state index contributed by atoms with van der Waals surface area (Å²) in [6.45, 7) is 2.41. The van der Waals surface area contributed by atoms with Gasteiger partial charge in [-0.15, -0.1) is 0 Å². The predicted octanol–water partition coefficient (Wildman–Crippen LogP) is 3.63. The van der Waals surface area contributed by atoms with Crippen molar-refractivity contribution in [2.45, 2.75) is 74.9 Å². The van der Waals surface area contributed by atoms with Crippen molar-refractivity contribution >= 4 is 16.3 Å². The lowest BCUT2D eigenvalue weighted by molar-refractivity contribution is -0.248. The summed E-state index contributed by atoms with van der Waals surface area (Å²) < 4.78 is 7.43. The molecule has 2 aliphatic heterocycles. The summed E-state index contributed by atoms with van der Waals surface area (Å²) in [5, 5.41) is 24.6. The number of rotatable bonds is 2. The van der Waals surface area contributed by atoms with Gasteiger partial charge in [0.05, 0.1) is 23.4 Å². The van der Waals surface area contributed by atoms with Crippen LogP contribution in [0.2, 0.25) is 0 Å². The van der Waals surface area contributed by atoms with E-state index in [9.17, 15) is 15.0 Å². The molecule has 9 atom stereocenters. The number of fused-ring (bicyclic) bond motifs is 3. The molecular weight excluding hydrogens is 464 g/mol. The average molecular weight is 501 g/mol. The quantitative estimate of drug-likeness (QED) is 0.549. The zero-order valence-corrected chi connectivity index (χ0v) is 21.8. The first-order valence-electron chi connectivity index (χ1n) is 13.9. The summed E-state index contributed by atoms with van der Waals surface area (Å²) >= 11 is 0. The number of benzene rings is 1. The zero-order valence-electron chi connectivity index (χ0n) is 21.8. The van der Waals surface area contributed by atoms with Gasteiger partial charge in [0.1, 0.15) is 0 Å². The number of hydrogen-bond acceptors (Lipinski definition) is 5. The number of likely N-dealkylation sites (N-methyl/N-ethyl adjacent to an activating group) is 1. The summed E-state index contributed by atoms with van der Waals surface area (Å²) in [7, 11) is 4.00. The fraction of sp³-hybridized carbons (Fsp3) is 0.581. The van der Waals surface area contributed by atoms with Crippen LogP contribution in [0.4, 0.5) is 0 Å². The first-order chi connectivity index (χ1) is 17.7. The minimum atomic E-state index is -0.748. The first-order valence-corrected chi connectivity index (χ1v) is 13.9. The summed E-state index contributed by atoms with van der Waals surface area (Å²) in [5.41, 5.74) is 2.87. The van der Waals surface area contributed by atoms with Gasteiger partial charge in [-0.2, -0.15) is 0 Å². The summed E-state index contributed by atoms with van der Waals surface area (Å²) in [4.78, 5) is 16.8. The smallest absolute Gasteiger partial charge is 0.248 e. The van der Waals surface area contributed by atoms with E-state index >= 15 is 0 Å². The Morgan fingerprint density at radius 3 is 2.73 bits per heavy atom. The van der Waals surface area contributed by atoms with E-state index < -0.39 is 12.2 Å². The molecule has 9 unspecified atom stereocenters. The maximum atomic E-state index is 12.0. The zero-order chi connectivity index (χ0) is 25.5. The number of allylic oxidation sites excluding steroid dienone is 3. The molecule has 0 radical (unpaired) electrons. The van der Waals surface area contributed by atoms with Crippen molar-refractivity contribution in [1.29, 1.82) is 0 Å². The Morgan fingerprint density at radius 2 is 1.92 bits per heavy atom. The number of aromatic nitrogens is 1. The molecule has 194 valence electrons. The Bertz CT molecular complexity index is 1480. The second kappa shape index (κ2) is 6.84. The normalized spacial score (nSPS) is 47.1. The SMILES string of the molecule is CN(C)C1CC23CCC4(O2)C(=CCC2(C)C(c5ccc6c[nH]c(=O)cc6c5)=CCC24)C2CC23C(O)C1O. The van der Waals surface area contributed by atoms with Gasteiger partial charge in [-0.25, -0.2) is 0 Å². The minimum absolute atomic E-state index is 0.0491. The molecule has 3 spiro atoms. The summed E-state index contributed by atoms with van der Waals surface area (Å²) in [6, 6.07) is 8.06. The van der Waals surface area contributed by atoms with Gasteiger partial charge in [-0.3, -0.25) is 4.79 Å². The van der Waals surface area contributed by atoms with E-state index in [0.717, 1.165) is 49.3 Å². The van der Waals surface area contributed by atoms with Crippen molar-refractivity contribution in [3.8, 4) is 0 Å². The van der Waals surface area contributed by atoms with E-state index in [1.165, 1.54) is 16.7 Å². The van der Waals surface area contributed by atoms with Gasteiger partial charge in [0, 0.05) is 35.1 Å². The van der Waals surface area contributed by atoms with Crippen LogP contribution in [0.3, 0.4) is 0 Å². The topological polar surface area (TPSA) is 85.8 Å². The van der Waals surface area contributed by atoms with Crippen LogP contribution in [0.1, 0.15) is 51.0 Å².